The molecule has 28 heavy (non-hydrogen) atoms. The first-order valence-electron chi connectivity index (χ1n) is 9.99. The van der Waals surface area contributed by atoms with Gasteiger partial charge in [-0.15, -0.1) is 0 Å². The Bertz CT molecular complexity index is 743. The van der Waals surface area contributed by atoms with Gasteiger partial charge < -0.3 is 14.8 Å². The molecule has 1 amide bonds. The Balaban J connectivity index is 1.57. The molecule has 0 radical (unpaired) electrons. The van der Waals surface area contributed by atoms with Crippen molar-refractivity contribution < 1.29 is 14.3 Å². The van der Waals surface area contributed by atoms with E-state index in [2.05, 4.69) is 41.4 Å². The number of carbonyl (C=O) groups excluding carboxylic acids is 1. The highest BCUT2D eigenvalue weighted by Gasteiger charge is 2.25. The van der Waals surface area contributed by atoms with Crippen molar-refractivity contribution in [2.45, 2.75) is 25.8 Å². The first-order chi connectivity index (χ1) is 13.7. The van der Waals surface area contributed by atoms with Gasteiger partial charge in [-0.05, 0) is 49.5 Å². The molecule has 0 bridgehead atoms. The molecule has 5 heteroatoms. The van der Waals surface area contributed by atoms with Gasteiger partial charge in [0.05, 0.1) is 13.2 Å². The molecule has 1 heterocycles. The van der Waals surface area contributed by atoms with Gasteiger partial charge in [-0.3, -0.25) is 9.69 Å². The van der Waals surface area contributed by atoms with Crippen LogP contribution in [0.4, 0.5) is 0 Å². The number of methoxy groups -OCH3 is 1. The van der Waals surface area contributed by atoms with Gasteiger partial charge in [0, 0.05) is 6.54 Å². The maximum atomic E-state index is 12.4. The molecular formula is C23H30N2O3. The van der Waals surface area contributed by atoms with Crippen molar-refractivity contribution >= 4 is 5.91 Å². The Morgan fingerprint density at radius 2 is 1.71 bits per heavy atom. The van der Waals surface area contributed by atoms with Crippen molar-refractivity contribution in [1.82, 2.24) is 10.2 Å². The first-order valence-corrected chi connectivity index (χ1v) is 9.99. The third-order valence-electron chi connectivity index (χ3n) is 5.36. The predicted molar refractivity (Wildman–Crippen MR) is 111 cm³/mol. The van der Waals surface area contributed by atoms with E-state index in [1.54, 1.807) is 13.2 Å². The molecule has 1 aliphatic rings. The van der Waals surface area contributed by atoms with Gasteiger partial charge >= 0.3 is 0 Å². The SMILES string of the molecule is COc1ccccc1OCC(=O)NCC(c1ccccc1)N1CCC(C)CC1. The van der Waals surface area contributed by atoms with E-state index in [1.165, 1.54) is 18.4 Å². The summed E-state index contributed by atoms with van der Waals surface area (Å²) in [5.74, 6) is 1.85. The number of ether oxygens (including phenoxy) is 2. The number of benzene rings is 2. The topological polar surface area (TPSA) is 50.8 Å². The molecule has 1 fully saturated rings. The van der Waals surface area contributed by atoms with Gasteiger partial charge in [0.1, 0.15) is 0 Å². The number of nitrogens with one attached hydrogen (secondary N) is 1. The lowest BCUT2D eigenvalue weighted by molar-refractivity contribution is -0.123. The van der Waals surface area contributed by atoms with Crippen molar-refractivity contribution in [3.05, 3.63) is 60.2 Å². The average molecular weight is 383 g/mol. The van der Waals surface area contributed by atoms with Crippen molar-refractivity contribution in [3.8, 4) is 11.5 Å². The maximum absolute atomic E-state index is 12.4. The normalized spacial score (nSPS) is 16.4. The van der Waals surface area contributed by atoms with E-state index in [4.69, 9.17) is 9.47 Å². The number of piperidine rings is 1. The highest BCUT2D eigenvalue weighted by atomic mass is 16.5. The Labute approximate surface area is 167 Å². The zero-order valence-corrected chi connectivity index (χ0v) is 16.8. The van der Waals surface area contributed by atoms with E-state index in [0.717, 1.165) is 19.0 Å². The van der Waals surface area contributed by atoms with E-state index in [0.29, 0.717) is 18.0 Å². The third-order valence-corrected chi connectivity index (χ3v) is 5.36. The minimum atomic E-state index is -0.128. The van der Waals surface area contributed by atoms with Crippen LogP contribution in [0.15, 0.2) is 54.6 Å². The summed E-state index contributed by atoms with van der Waals surface area (Å²) in [5, 5.41) is 3.05. The molecule has 3 rings (SSSR count). The second-order valence-electron chi connectivity index (χ2n) is 7.39. The molecule has 1 atom stereocenters. The minimum Gasteiger partial charge on any atom is -0.493 e. The molecule has 150 valence electrons. The van der Waals surface area contributed by atoms with Gasteiger partial charge in [-0.2, -0.15) is 0 Å². The Kier molecular flexibility index (Phi) is 7.31. The van der Waals surface area contributed by atoms with Gasteiger partial charge in [0.25, 0.3) is 5.91 Å². The molecule has 5 nitrogen and oxygen atoms in total. The fourth-order valence-corrected chi connectivity index (χ4v) is 3.62. The van der Waals surface area contributed by atoms with Gasteiger partial charge in [-0.1, -0.05) is 49.4 Å². The molecule has 0 spiro atoms. The van der Waals surface area contributed by atoms with Crippen LogP contribution in [0.5, 0.6) is 11.5 Å². The number of para-hydroxylation sites is 2. The lowest BCUT2D eigenvalue weighted by Gasteiger charge is -2.37. The summed E-state index contributed by atoms with van der Waals surface area (Å²) < 4.78 is 10.9. The van der Waals surface area contributed by atoms with Crippen LogP contribution in [0.25, 0.3) is 0 Å². The summed E-state index contributed by atoms with van der Waals surface area (Å²) in [5.41, 5.74) is 1.24. The van der Waals surface area contributed by atoms with Crippen LogP contribution in [0.2, 0.25) is 0 Å². The van der Waals surface area contributed by atoms with Crippen LogP contribution >= 0.6 is 0 Å². The van der Waals surface area contributed by atoms with E-state index in [-0.39, 0.29) is 18.6 Å². The highest BCUT2D eigenvalue weighted by molar-refractivity contribution is 5.77. The lowest BCUT2D eigenvalue weighted by atomic mass is 9.95. The van der Waals surface area contributed by atoms with Crippen molar-refractivity contribution in [3.63, 3.8) is 0 Å². The van der Waals surface area contributed by atoms with Crippen LogP contribution in [0.1, 0.15) is 31.4 Å². The second kappa shape index (κ2) is 10.1. The van der Waals surface area contributed by atoms with Crippen molar-refractivity contribution in [1.29, 1.82) is 0 Å². The highest BCUT2D eigenvalue weighted by Crippen LogP contribution is 2.27. The Hall–Kier alpha value is -2.53. The van der Waals surface area contributed by atoms with E-state index < -0.39 is 0 Å². The molecule has 1 aliphatic heterocycles. The zero-order chi connectivity index (χ0) is 19.8. The van der Waals surface area contributed by atoms with Crippen LogP contribution in [-0.4, -0.2) is 44.2 Å². The molecule has 2 aromatic rings. The van der Waals surface area contributed by atoms with Crippen LogP contribution in [0.3, 0.4) is 0 Å². The van der Waals surface area contributed by atoms with Crippen LogP contribution < -0.4 is 14.8 Å². The quantitative estimate of drug-likeness (QED) is 0.757. The lowest BCUT2D eigenvalue weighted by Crippen LogP contribution is -2.42. The molecule has 1 unspecified atom stereocenters. The van der Waals surface area contributed by atoms with E-state index in [9.17, 15) is 4.79 Å². The van der Waals surface area contributed by atoms with Gasteiger partial charge in [0.15, 0.2) is 18.1 Å². The fourth-order valence-electron chi connectivity index (χ4n) is 3.62. The number of hydrogen-bond donors (Lipinski definition) is 1. The summed E-state index contributed by atoms with van der Waals surface area (Å²) in [7, 11) is 1.59. The van der Waals surface area contributed by atoms with Gasteiger partial charge in [0.2, 0.25) is 0 Å². The zero-order valence-electron chi connectivity index (χ0n) is 16.8. The smallest absolute Gasteiger partial charge is 0.258 e. The largest absolute Gasteiger partial charge is 0.493 e. The number of carbonyl (C=O) groups is 1. The van der Waals surface area contributed by atoms with Crippen molar-refractivity contribution in [2.75, 3.05) is 33.4 Å². The number of rotatable bonds is 8. The number of nitrogens with zero attached hydrogens (tertiary/aromatic N) is 1. The number of hydrogen-bond acceptors (Lipinski definition) is 4. The summed E-state index contributed by atoms with van der Waals surface area (Å²) in [6, 6.07) is 17.9. The number of likely N-dealkylation sites (tertiary alicyclic amines) is 1. The maximum Gasteiger partial charge on any atom is 0.258 e. The first kappa shape index (κ1) is 20.2. The monoisotopic (exact) mass is 382 g/mol. The molecule has 2 aromatic carbocycles. The second-order valence-corrected chi connectivity index (χ2v) is 7.39. The van der Waals surface area contributed by atoms with Crippen LogP contribution in [0, 0.1) is 5.92 Å². The molecule has 0 aliphatic carbocycles. The third kappa shape index (κ3) is 5.49. The molecular weight excluding hydrogens is 352 g/mol. The molecule has 0 saturated carbocycles. The van der Waals surface area contributed by atoms with E-state index in [1.807, 2.05) is 24.3 Å². The van der Waals surface area contributed by atoms with E-state index >= 15 is 0 Å². The molecule has 1 N–H and O–H groups in total. The average Bonchev–Trinajstić information content (AvgIpc) is 2.74. The Morgan fingerprint density at radius 3 is 2.39 bits per heavy atom. The minimum absolute atomic E-state index is 0.0289. The molecule has 1 saturated heterocycles. The predicted octanol–water partition coefficient (Wildman–Crippen LogP) is 3.66. The standard InChI is InChI=1S/C23H30N2O3/c1-18-12-14-25(15-13-18)20(19-8-4-3-5-9-19)16-24-23(26)17-28-22-11-7-6-10-21(22)27-2/h3-11,18,20H,12-17H2,1-2H3,(H,24,26). The summed E-state index contributed by atoms with van der Waals surface area (Å²) in [6.07, 6.45) is 2.41. The summed E-state index contributed by atoms with van der Waals surface area (Å²) in [4.78, 5) is 14.9. The molecule has 0 aromatic heterocycles. The van der Waals surface area contributed by atoms with Crippen molar-refractivity contribution in [2.24, 2.45) is 5.92 Å². The summed E-state index contributed by atoms with van der Waals surface area (Å²) in [6.45, 7) is 4.99. The van der Waals surface area contributed by atoms with Gasteiger partial charge in [-0.25, -0.2) is 0 Å². The Morgan fingerprint density at radius 1 is 1.07 bits per heavy atom. The number of amides is 1. The fraction of sp³-hybridized carbons (Fsp3) is 0.435. The van der Waals surface area contributed by atoms with Crippen LogP contribution in [-0.2, 0) is 4.79 Å². The summed E-state index contributed by atoms with van der Waals surface area (Å²) >= 11 is 0.